The molecule has 0 fully saturated rings. The van der Waals surface area contributed by atoms with Gasteiger partial charge >= 0.3 is 0 Å². The fourth-order valence-corrected chi connectivity index (χ4v) is 3.39. The van der Waals surface area contributed by atoms with E-state index in [-0.39, 0.29) is 0 Å². The van der Waals surface area contributed by atoms with E-state index in [0.717, 1.165) is 17.8 Å². The maximum Gasteiger partial charge on any atom is 0.0720 e. The standard InChI is InChI=1S/C23H26N2/c1-16-17(2)19(4)22(18(16)3)15-23(20-11-7-5-8-12-20)25-24-21-13-9-6-10-14-21/h5-14,18,24H,15H2,1-4H3. The number of nitrogens with zero attached hydrogens (tertiary/aromatic N) is 1. The van der Waals surface area contributed by atoms with Gasteiger partial charge in [-0.25, -0.2) is 0 Å². The van der Waals surface area contributed by atoms with Crippen LogP contribution in [0.3, 0.4) is 0 Å². The van der Waals surface area contributed by atoms with Crippen molar-refractivity contribution in [2.75, 3.05) is 5.43 Å². The van der Waals surface area contributed by atoms with Gasteiger partial charge in [0.1, 0.15) is 0 Å². The molecule has 0 spiro atoms. The van der Waals surface area contributed by atoms with Gasteiger partial charge in [0, 0.05) is 6.42 Å². The van der Waals surface area contributed by atoms with Crippen LogP contribution in [0.2, 0.25) is 0 Å². The molecule has 3 rings (SSSR count). The van der Waals surface area contributed by atoms with Gasteiger partial charge in [0.05, 0.1) is 11.4 Å². The molecule has 1 aliphatic rings. The van der Waals surface area contributed by atoms with Crippen LogP contribution in [-0.2, 0) is 0 Å². The minimum Gasteiger partial charge on any atom is -0.278 e. The Kier molecular flexibility index (Phi) is 5.18. The summed E-state index contributed by atoms with van der Waals surface area (Å²) in [6, 6.07) is 20.6. The number of nitrogens with one attached hydrogen (secondary N) is 1. The number of rotatable bonds is 5. The first-order valence-corrected chi connectivity index (χ1v) is 8.88. The SMILES string of the molecule is CC1=C(C)C(C)C(CC(=NNc2ccccc2)c2ccccc2)=C1C. The van der Waals surface area contributed by atoms with E-state index in [1.54, 1.807) is 0 Å². The first kappa shape index (κ1) is 17.2. The number of hydrogen-bond donors (Lipinski definition) is 1. The Morgan fingerprint density at radius 2 is 1.48 bits per heavy atom. The van der Waals surface area contributed by atoms with Crippen LogP contribution in [0.1, 0.15) is 39.7 Å². The van der Waals surface area contributed by atoms with Crippen molar-refractivity contribution in [2.45, 2.75) is 34.1 Å². The van der Waals surface area contributed by atoms with E-state index in [0.29, 0.717) is 5.92 Å². The fraction of sp³-hybridized carbons (Fsp3) is 0.261. The number of para-hydroxylation sites is 1. The highest BCUT2D eigenvalue weighted by Gasteiger charge is 2.24. The highest BCUT2D eigenvalue weighted by molar-refractivity contribution is 6.02. The fourth-order valence-electron chi connectivity index (χ4n) is 3.39. The largest absolute Gasteiger partial charge is 0.278 e. The van der Waals surface area contributed by atoms with Crippen molar-refractivity contribution in [2.24, 2.45) is 11.0 Å². The molecule has 0 amide bonds. The van der Waals surface area contributed by atoms with Crippen LogP contribution in [0.15, 0.2) is 88.1 Å². The van der Waals surface area contributed by atoms with Crippen molar-refractivity contribution >= 4 is 11.4 Å². The molecule has 25 heavy (non-hydrogen) atoms. The summed E-state index contributed by atoms with van der Waals surface area (Å²) < 4.78 is 0. The average Bonchev–Trinajstić information content (AvgIpc) is 2.84. The molecule has 0 saturated heterocycles. The van der Waals surface area contributed by atoms with E-state index >= 15 is 0 Å². The summed E-state index contributed by atoms with van der Waals surface area (Å²) in [6.07, 6.45) is 0.867. The molecule has 1 N–H and O–H groups in total. The van der Waals surface area contributed by atoms with Crippen molar-refractivity contribution in [3.05, 3.63) is 88.5 Å². The molecule has 0 aromatic heterocycles. The van der Waals surface area contributed by atoms with Gasteiger partial charge in [-0.3, -0.25) is 5.43 Å². The number of hydrogen-bond acceptors (Lipinski definition) is 2. The maximum atomic E-state index is 4.76. The molecule has 2 nitrogen and oxygen atoms in total. The molecule has 0 aliphatic heterocycles. The van der Waals surface area contributed by atoms with Crippen molar-refractivity contribution in [1.29, 1.82) is 0 Å². The summed E-state index contributed by atoms with van der Waals surface area (Å²) in [5, 5.41) is 4.76. The van der Waals surface area contributed by atoms with Crippen LogP contribution in [0.5, 0.6) is 0 Å². The number of benzene rings is 2. The summed E-state index contributed by atoms with van der Waals surface area (Å²) in [4.78, 5) is 0. The molecule has 2 aromatic rings. The van der Waals surface area contributed by atoms with Crippen LogP contribution in [0.25, 0.3) is 0 Å². The zero-order valence-corrected chi connectivity index (χ0v) is 15.5. The lowest BCUT2D eigenvalue weighted by molar-refractivity contribution is 0.798. The van der Waals surface area contributed by atoms with Crippen LogP contribution < -0.4 is 5.43 Å². The second kappa shape index (κ2) is 7.52. The Hall–Kier alpha value is -2.61. The predicted molar refractivity (Wildman–Crippen MR) is 108 cm³/mol. The molecule has 2 aromatic carbocycles. The van der Waals surface area contributed by atoms with Crippen LogP contribution in [-0.4, -0.2) is 5.71 Å². The predicted octanol–water partition coefficient (Wildman–Crippen LogP) is 6.20. The van der Waals surface area contributed by atoms with E-state index < -0.39 is 0 Å². The summed E-state index contributed by atoms with van der Waals surface area (Å²) >= 11 is 0. The summed E-state index contributed by atoms with van der Waals surface area (Å²) in [7, 11) is 0. The molecule has 128 valence electrons. The second-order valence-electron chi connectivity index (χ2n) is 6.76. The second-order valence-corrected chi connectivity index (χ2v) is 6.76. The molecule has 1 aliphatic carbocycles. The minimum absolute atomic E-state index is 0.491. The Morgan fingerprint density at radius 3 is 2.04 bits per heavy atom. The Balaban J connectivity index is 1.91. The smallest absolute Gasteiger partial charge is 0.0720 e. The van der Waals surface area contributed by atoms with E-state index in [1.807, 2.05) is 36.4 Å². The summed E-state index contributed by atoms with van der Waals surface area (Å²) in [6.45, 7) is 9.02. The molecule has 0 saturated carbocycles. The van der Waals surface area contributed by atoms with Gasteiger partial charge in [-0.1, -0.05) is 66.6 Å². The maximum absolute atomic E-state index is 4.76. The summed E-state index contributed by atoms with van der Waals surface area (Å²) in [5.41, 5.74) is 12.3. The number of hydrazone groups is 1. The van der Waals surface area contributed by atoms with Gasteiger partial charge in [-0.2, -0.15) is 5.10 Å². The zero-order valence-electron chi connectivity index (χ0n) is 15.5. The lowest BCUT2D eigenvalue weighted by Crippen LogP contribution is -2.09. The van der Waals surface area contributed by atoms with Gasteiger partial charge in [0.25, 0.3) is 0 Å². The number of anilines is 1. The van der Waals surface area contributed by atoms with Crippen molar-refractivity contribution in [3.63, 3.8) is 0 Å². The molecular weight excluding hydrogens is 304 g/mol. The van der Waals surface area contributed by atoms with Crippen LogP contribution in [0, 0.1) is 5.92 Å². The van der Waals surface area contributed by atoms with E-state index in [2.05, 4.69) is 57.4 Å². The molecule has 0 heterocycles. The first-order chi connectivity index (χ1) is 12.1. The first-order valence-electron chi connectivity index (χ1n) is 8.88. The number of allylic oxidation sites excluding steroid dienone is 4. The molecule has 0 radical (unpaired) electrons. The molecule has 2 heteroatoms. The molecule has 0 bridgehead atoms. The van der Waals surface area contributed by atoms with E-state index in [9.17, 15) is 0 Å². The van der Waals surface area contributed by atoms with Gasteiger partial charge in [-0.15, -0.1) is 0 Å². The quantitative estimate of drug-likeness (QED) is 0.512. The van der Waals surface area contributed by atoms with Crippen LogP contribution >= 0.6 is 0 Å². The monoisotopic (exact) mass is 330 g/mol. The average molecular weight is 330 g/mol. The van der Waals surface area contributed by atoms with Gasteiger partial charge in [0.15, 0.2) is 0 Å². The van der Waals surface area contributed by atoms with Crippen molar-refractivity contribution < 1.29 is 0 Å². The third kappa shape index (κ3) is 3.74. The lowest BCUT2D eigenvalue weighted by Gasteiger charge is -2.15. The highest BCUT2D eigenvalue weighted by Crippen LogP contribution is 2.38. The Bertz CT molecular complexity index is 827. The Morgan fingerprint density at radius 1 is 0.880 bits per heavy atom. The van der Waals surface area contributed by atoms with Crippen molar-refractivity contribution in [1.82, 2.24) is 0 Å². The molecular formula is C23H26N2. The summed E-state index contributed by atoms with van der Waals surface area (Å²) in [5.74, 6) is 0.491. The molecule has 1 unspecified atom stereocenters. The van der Waals surface area contributed by atoms with Crippen molar-refractivity contribution in [3.8, 4) is 0 Å². The third-order valence-corrected chi connectivity index (χ3v) is 5.37. The molecule has 1 atom stereocenters. The topological polar surface area (TPSA) is 24.4 Å². The third-order valence-electron chi connectivity index (χ3n) is 5.37. The lowest BCUT2D eigenvalue weighted by atomic mass is 9.91. The van der Waals surface area contributed by atoms with Crippen LogP contribution in [0.4, 0.5) is 5.69 Å². The normalized spacial score (nSPS) is 18.1. The minimum atomic E-state index is 0.491. The van der Waals surface area contributed by atoms with Gasteiger partial charge in [-0.05, 0) is 55.5 Å². The Labute approximate surface area is 151 Å². The van der Waals surface area contributed by atoms with E-state index in [4.69, 9.17) is 5.10 Å². The zero-order chi connectivity index (χ0) is 17.8. The van der Waals surface area contributed by atoms with Gasteiger partial charge < -0.3 is 0 Å². The highest BCUT2D eigenvalue weighted by atomic mass is 15.3. The van der Waals surface area contributed by atoms with Gasteiger partial charge in [0.2, 0.25) is 0 Å². The van der Waals surface area contributed by atoms with E-state index in [1.165, 1.54) is 27.9 Å².